The normalized spacial score (nSPS) is 16.0. The second-order valence-electron chi connectivity index (χ2n) is 10.7. The summed E-state index contributed by atoms with van der Waals surface area (Å²) in [5.74, 6) is 0.430. The van der Waals surface area contributed by atoms with Crippen molar-refractivity contribution < 1.29 is 19.1 Å². The molecule has 218 valence electrons. The van der Waals surface area contributed by atoms with Crippen LogP contribution in [0.2, 0.25) is 0 Å². The van der Waals surface area contributed by atoms with Crippen LogP contribution in [0.3, 0.4) is 0 Å². The van der Waals surface area contributed by atoms with Crippen molar-refractivity contribution in [1.29, 1.82) is 0 Å². The Kier molecular flexibility index (Phi) is 7.78. The summed E-state index contributed by atoms with van der Waals surface area (Å²) < 4.78 is 6.06. The van der Waals surface area contributed by atoms with Crippen molar-refractivity contribution in [3.63, 3.8) is 0 Å². The molecule has 10 nitrogen and oxygen atoms in total. The molecule has 4 N–H and O–H groups in total. The number of anilines is 2. The van der Waals surface area contributed by atoms with Gasteiger partial charge in [-0.2, -0.15) is 0 Å². The average molecular weight is 577 g/mol. The van der Waals surface area contributed by atoms with E-state index in [1.54, 1.807) is 60.8 Å². The third kappa shape index (κ3) is 6.50. The molecular weight excluding hydrogens is 544 g/mol. The maximum absolute atomic E-state index is 12.9. The summed E-state index contributed by atoms with van der Waals surface area (Å²) in [6.07, 6.45) is 3.37. The number of carbonyl (C=O) groups is 3. The zero-order valence-electron chi connectivity index (χ0n) is 23.9. The van der Waals surface area contributed by atoms with Gasteiger partial charge in [-0.1, -0.05) is 23.8 Å². The molecule has 1 saturated heterocycles. The lowest BCUT2D eigenvalue weighted by Gasteiger charge is -2.32. The quantitative estimate of drug-likeness (QED) is 0.236. The molecular formula is C33H32N6O4. The molecule has 1 aromatic heterocycles. The third-order valence-electron chi connectivity index (χ3n) is 7.41. The number of likely N-dealkylation sites (N-methyl/N-ethyl adjacent to an activating group) is 1. The van der Waals surface area contributed by atoms with Crippen molar-refractivity contribution in [2.75, 3.05) is 43.9 Å². The fourth-order valence-corrected chi connectivity index (χ4v) is 5.05. The minimum Gasteiger partial charge on any atom is -0.457 e. The molecule has 0 unspecified atom stereocenters. The van der Waals surface area contributed by atoms with E-state index in [-0.39, 0.29) is 17.7 Å². The first kappa shape index (κ1) is 28.0. The van der Waals surface area contributed by atoms with E-state index in [4.69, 9.17) is 4.74 Å². The first-order chi connectivity index (χ1) is 20.8. The molecule has 3 aromatic carbocycles. The minimum atomic E-state index is -0.244. The largest absolute Gasteiger partial charge is 0.457 e. The number of nitrogens with one attached hydrogen (secondary N) is 4. The van der Waals surface area contributed by atoms with Crippen LogP contribution in [0, 0.1) is 6.92 Å². The van der Waals surface area contributed by atoms with Gasteiger partial charge in [-0.3, -0.25) is 19.8 Å². The molecule has 0 bridgehead atoms. The van der Waals surface area contributed by atoms with E-state index in [2.05, 4.69) is 33.0 Å². The van der Waals surface area contributed by atoms with Gasteiger partial charge in [-0.05, 0) is 62.5 Å². The van der Waals surface area contributed by atoms with Crippen LogP contribution in [0.25, 0.3) is 11.6 Å². The number of hydrazine groups is 1. The SMILES string of the molecule is Cc1cccc(C(=O)Nc2cccc(Oc3ccc4c(c3)NC(=O)C4=Cc3cc(C(=O)NN4CCN(C)CC4)c[nH]3)c2)c1. The van der Waals surface area contributed by atoms with Crippen LogP contribution in [0.15, 0.2) is 79.0 Å². The molecule has 4 aromatic rings. The zero-order valence-corrected chi connectivity index (χ0v) is 23.9. The van der Waals surface area contributed by atoms with Crippen molar-refractivity contribution >= 4 is 40.7 Å². The van der Waals surface area contributed by atoms with Crippen LogP contribution in [-0.2, 0) is 4.79 Å². The summed E-state index contributed by atoms with van der Waals surface area (Å²) in [6, 6.07) is 21.6. The summed E-state index contributed by atoms with van der Waals surface area (Å²) in [6.45, 7) is 5.26. The van der Waals surface area contributed by atoms with E-state index in [1.165, 1.54) is 0 Å². The molecule has 0 saturated carbocycles. The number of piperazine rings is 1. The van der Waals surface area contributed by atoms with E-state index in [0.717, 1.165) is 37.3 Å². The Labute approximate surface area is 249 Å². The summed E-state index contributed by atoms with van der Waals surface area (Å²) in [7, 11) is 2.06. The molecule has 0 spiro atoms. The maximum Gasteiger partial charge on any atom is 0.267 e. The van der Waals surface area contributed by atoms with Crippen molar-refractivity contribution in [2.45, 2.75) is 6.92 Å². The van der Waals surface area contributed by atoms with E-state index >= 15 is 0 Å². The molecule has 3 amide bonds. The Bertz CT molecular complexity index is 1730. The third-order valence-corrected chi connectivity index (χ3v) is 7.41. The number of aryl methyl sites for hydroxylation is 1. The summed E-state index contributed by atoms with van der Waals surface area (Å²) in [5.41, 5.74) is 8.11. The Balaban J connectivity index is 1.12. The first-order valence-corrected chi connectivity index (χ1v) is 14.1. The molecule has 6 rings (SSSR count). The number of rotatable bonds is 7. The van der Waals surface area contributed by atoms with Gasteiger partial charge in [0.05, 0.1) is 16.8 Å². The number of hydrogen-bond acceptors (Lipinski definition) is 6. The standard InChI is InChI=1S/C33H32N6O4/c1-21-5-3-6-22(15-21)31(40)35-24-7-4-8-26(17-24)43-27-9-10-28-29(33(42)36-30(28)19-27)18-25-16-23(20-34-25)32(41)37-39-13-11-38(2)12-14-39/h3-10,15-20,34H,11-14H2,1-2H3,(H,35,40)(H,36,42)(H,37,41). The van der Waals surface area contributed by atoms with Gasteiger partial charge >= 0.3 is 0 Å². The first-order valence-electron chi connectivity index (χ1n) is 14.1. The Morgan fingerprint density at radius 1 is 0.884 bits per heavy atom. The fourth-order valence-electron chi connectivity index (χ4n) is 5.05. The molecule has 1 fully saturated rings. The van der Waals surface area contributed by atoms with Gasteiger partial charge in [0.15, 0.2) is 0 Å². The molecule has 3 heterocycles. The highest BCUT2D eigenvalue weighted by molar-refractivity contribution is 6.35. The monoisotopic (exact) mass is 576 g/mol. The topological polar surface area (TPSA) is 119 Å². The molecule has 0 atom stereocenters. The second-order valence-corrected chi connectivity index (χ2v) is 10.7. The number of benzene rings is 3. The molecule has 10 heteroatoms. The van der Waals surface area contributed by atoms with Crippen molar-refractivity contribution in [2.24, 2.45) is 0 Å². The molecule has 2 aliphatic rings. The molecule has 2 aliphatic heterocycles. The van der Waals surface area contributed by atoms with Gasteiger partial charge in [-0.15, -0.1) is 0 Å². The lowest BCUT2D eigenvalue weighted by Crippen LogP contribution is -2.52. The van der Waals surface area contributed by atoms with Gasteiger partial charge in [0.2, 0.25) is 0 Å². The molecule has 43 heavy (non-hydrogen) atoms. The smallest absolute Gasteiger partial charge is 0.267 e. The van der Waals surface area contributed by atoms with Crippen LogP contribution in [-0.4, -0.2) is 65.8 Å². The maximum atomic E-state index is 12.9. The van der Waals surface area contributed by atoms with Crippen LogP contribution >= 0.6 is 0 Å². The number of aromatic amines is 1. The predicted molar refractivity (Wildman–Crippen MR) is 166 cm³/mol. The Morgan fingerprint density at radius 2 is 1.67 bits per heavy atom. The van der Waals surface area contributed by atoms with E-state index in [1.807, 2.05) is 36.2 Å². The second kappa shape index (κ2) is 12.0. The van der Waals surface area contributed by atoms with Gasteiger partial charge < -0.3 is 25.3 Å². The summed E-state index contributed by atoms with van der Waals surface area (Å²) in [5, 5.41) is 7.72. The highest BCUT2D eigenvalue weighted by Crippen LogP contribution is 2.37. The predicted octanol–water partition coefficient (Wildman–Crippen LogP) is 4.75. The number of amides is 3. The van der Waals surface area contributed by atoms with Gasteiger partial charge in [0, 0.05) is 67.0 Å². The molecule has 0 radical (unpaired) electrons. The van der Waals surface area contributed by atoms with Gasteiger partial charge in [0.1, 0.15) is 11.5 Å². The van der Waals surface area contributed by atoms with Crippen molar-refractivity contribution in [3.8, 4) is 11.5 Å². The Morgan fingerprint density at radius 3 is 2.49 bits per heavy atom. The van der Waals surface area contributed by atoms with Crippen LogP contribution < -0.4 is 20.8 Å². The summed E-state index contributed by atoms with van der Waals surface area (Å²) >= 11 is 0. The number of H-pyrrole nitrogens is 1. The number of aromatic nitrogens is 1. The number of nitrogens with zero attached hydrogens (tertiary/aromatic N) is 2. The lowest BCUT2D eigenvalue weighted by atomic mass is 10.1. The van der Waals surface area contributed by atoms with Gasteiger partial charge in [0.25, 0.3) is 17.7 Å². The lowest BCUT2D eigenvalue weighted by molar-refractivity contribution is -0.110. The number of carbonyl (C=O) groups excluding carboxylic acids is 3. The highest BCUT2D eigenvalue weighted by Gasteiger charge is 2.25. The highest BCUT2D eigenvalue weighted by atomic mass is 16.5. The fraction of sp³-hybridized carbons (Fsp3) is 0.182. The molecule has 0 aliphatic carbocycles. The van der Waals surface area contributed by atoms with Gasteiger partial charge in [-0.25, -0.2) is 5.01 Å². The number of ether oxygens (including phenoxy) is 1. The van der Waals surface area contributed by atoms with E-state index in [0.29, 0.717) is 45.3 Å². The number of fused-ring (bicyclic) bond motifs is 1. The minimum absolute atomic E-state index is 0.192. The van der Waals surface area contributed by atoms with Crippen LogP contribution in [0.1, 0.15) is 37.5 Å². The van der Waals surface area contributed by atoms with E-state index < -0.39 is 0 Å². The van der Waals surface area contributed by atoms with Crippen molar-refractivity contribution in [3.05, 3.63) is 107 Å². The van der Waals surface area contributed by atoms with Crippen LogP contribution in [0.4, 0.5) is 11.4 Å². The van der Waals surface area contributed by atoms with Crippen molar-refractivity contribution in [1.82, 2.24) is 20.3 Å². The average Bonchev–Trinajstić information content (AvgIpc) is 3.58. The van der Waals surface area contributed by atoms with E-state index in [9.17, 15) is 14.4 Å². The Hall–Kier alpha value is -5.19. The number of hydrogen-bond donors (Lipinski definition) is 4. The summed E-state index contributed by atoms with van der Waals surface area (Å²) in [4.78, 5) is 43.5. The zero-order chi connectivity index (χ0) is 29.9. The van der Waals surface area contributed by atoms with Crippen LogP contribution in [0.5, 0.6) is 11.5 Å².